The van der Waals surface area contributed by atoms with E-state index in [1.54, 1.807) is 0 Å². The zero-order chi connectivity index (χ0) is 22.2. The topological polar surface area (TPSA) is 105 Å². The molecule has 3 N–H and O–H groups in total. The Balaban J connectivity index is 1.97. The molecular weight excluding hydrogens is 388 g/mol. The predicted octanol–water partition coefficient (Wildman–Crippen LogP) is 3.46. The second kappa shape index (κ2) is 16.9. The van der Waals surface area contributed by atoms with Crippen LogP contribution in [0.4, 0.5) is 0 Å². The maximum Gasteiger partial charge on any atom is 0.305 e. The summed E-state index contributed by atoms with van der Waals surface area (Å²) in [5, 5.41) is 29.7. The Morgan fingerprint density at radius 2 is 1.30 bits per heavy atom. The third-order valence-electron chi connectivity index (χ3n) is 5.83. The molecule has 0 spiro atoms. The molecule has 0 amide bonds. The van der Waals surface area contributed by atoms with E-state index in [1.165, 1.54) is 71.3 Å². The van der Waals surface area contributed by atoms with Crippen LogP contribution in [0.25, 0.3) is 0 Å². The number of methoxy groups -OCH3 is 1. The van der Waals surface area contributed by atoms with Crippen molar-refractivity contribution in [2.24, 2.45) is 0 Å². The lowest BCUT2D eigenvalue weighted by Gasteiger charge is -2.39. The first kappa shape index (κ1) is 27.3. The summed E-state index contributed by atoms with van der Waals surface area (Å²) in [7, 11) is 1.31. The van der Waals surface area contributed by atoms with Crippen LogP contribution in [0.3, 0.4) is 0 Å². The molecule has 30 heavy (non-hydrogen) atoms. The third-order valence-corrected chi connectivity index (χ3v) is 5.83. The number of carbonyl (C=O) groups excluding carboxylic acids is 1. The van der Waals surface area contributed by atoms with Gasteiger partial charge in [-0.25, -0.2) is 0 Å². The first-order chi connectivity index (χ1) is 14.5. The van der Waals surface area contributed by atoms with Crippen LogP contribution in [-0.2, 0) is 19.0 Å². The highest BCUT2D eigenvalue weighted by atomic mass is 16.7. The molecule has 0 aromatic heterocycles. The summed E-state index contributed by atoms with van der Waals surface area (Å²) in [6.07, 6.45) is 10.5. The van der Waals surface area contributed by atoms with Gasteiger partial charge in [-0.1, -0.05) is 84.0 Å². The van der Waals surface area contributed by atoms with Gasteiger partial charge >= 0.3 is 5.97 Å². The molecule has 1 aliphatic rings. The number of hydrogen-bond acceptors (Lipinski definition) is 7. The Labute approximate surface area is 182 Å². The molecule has 0 aliphatic carbocycles. The van der Waals surface area contributed by atoms with E-state index < -0.39 is 30.7 Å². The van der Waals surface area contributed by atoms with Crippen molar-refractivity contribution in [1.29, 1.82) is 0 Å². The van der Waals surface area contributed by atoms with Crippen molar-refractivity contribution in [2.75, 3.05) is 13.7 Å². The van der Waals surface area contributed by atoms with Crippen molar-refractivity contribution in [3.63, 3.8) is 0 Å². The zero-order valence-electron chi connectivity index (χ0n) is 19.0. The van der Waals surface area contributed by atoms with Gasteiger partial charge in [0.2, 0.25) is 0 Å². The lowest BCUT2D eigenvalue weighted by atomic mass is 9.99. The van der Waals surface area contributed by atoms with E-state index in [0.717, 1.165) is 19.3 Å². The summed E-state index contributed by atoms with van der Waals surface area (Å²) >= 11 is 0. The fraction of sp³-hybridized carbons (Fsp3) is 0.957. The molecule has 1 saturated heterocycles. The van der Waals surface area contributed by atoms with Gasteiger partial charge in [-0.2, -0.15) is 0 Å². The van der Waals surface area contributed by atoms with Gasteiger partial charge in [-0.05, 0) is 6.42 Å². The number of ether oxygens (including phenoxy) is 3. The van der Waals surface area contributed by atoms with Crippen molar-refractivity contribution in [3.05, 3.63) is 0 Å². The second-order valence-corrected chi connectivity index (χ2v) is 8.42. The lowest BCUT2D eigenvalue weighted by molar-refractivity contribution is -0.292. The Bertz CT molecular complexity index is 432. The van der Waals surface area contributed by atoms with Gasteiger partial charge in [-0.3, -0.25) is 4.79 Å². The van der Waals surface area contributed by atoms with Crippen LogP contribution < -0.4 is 0 Å². The Morgan fingerprint density at radius 3 is 1.80 bits per heavy atom. The van der Waals surface area contributed by atoms with Crippen molar-refractivity contribution in [3.8, 4) is 0 Å². The maximum absolute atomic E-state index is 11.9. The lowest BCUT2D eigenvalue weighted by Crippen LogP contribution is -2.59. The molecule has 0 saturated carbocycles. The van der Waals surface area contributed by atoms with E-state index in [-0.39, 0.29) is 12.6 Å². The number of carbonyl (C=O) groups is 1. The molecule has 1 rings (SSSR count). The average Bonchev–Trinajstić information content (AvgIpc) is 2.73. The number of aliphatic hydroxyl groups is 3. The molecule has 0 radical (unpaired) electrons. The van der Waals surface area contributed by atoms with Crippen molar-refractivity contribution in [2.45, 2.75) is 128 Å². The number of aliphatic hydroxyl groups excluding tert-OH is 3. The van der Waals surface area contributed by atoms with E-state index in [4.69, 9.17) is 14.2 Å². The van der Waals surface area contributed by atoms with Crippen LogP contribution in [0.2, 0.25) is 0 Å². The molecule has 0 aromatic carbocycles. The molecule has 7 heteroatoms. The van der Waals surface area contributed by atoms with E-state index in [0.29, 0.717) is 6.42 Å². The summed E-state index contributed by atoms with van der Waals surface area (Å²) in [6.45, 7) is 2.04. The van der Waals surface area contributed by atoms with Crippen molar-refractivity contribution >= 4 is 5.97 Å². The Morgan fingerprint density at radius 1 is 0.800 bits per heavy atom. The first-order valence-corrected chi connectivity index (χ1v) is 11.9. The Kier molecular flexibility index (Phi) is 15.4. The highest BCUT2D eigenvalue weighted by Crippen LogP contribution is 2.22. The zero-order valence-corrected chi connectivity index (χ0v) is 19.0. The van der Waals surface area contributed by atoms with Gasteiger partial charge < -0.3 is 29.5 Å². The van der Waals surface area contributed by atoms with Gasteiger partial charge in [0.1, 0.15) is 31.0 Å². The van der Waals surface area contributed by atoms with E-state index in [9.17, 15) is 20.1 Å². The van der Waals surface area contributed by atoms with Crippen molar-refractivity contribution < 1.29 is 34.3 Å². The summed E-state index contributed by atoms with van der Waals surface area (Å²) in [4.78, 5) is 11.9. The summed E-state index contributed by atoms with van der Waals surface area (Å²) < 4.78 is 15.2. The minimum Gasteiger partial charge on any atom is -0.463 e. The van der Waals surface area contributed by atoms with E-state index in [1.807, 2.05) is 0 Å². The van der Waals surface area contributed by atoms with Gasteiger partial charge in [-0.15, -0.1) is 0 Å². The third kappa shape index (κ3) is 11.0. The summed E-state index contributed by atoms with van der Waals surface area (Å²) in [5.41, 5.74) is 0. The predicted molar refractivity (Wildman–Crippen MR) is 115 cm³/mol. The van der Waals surface area contributed by atoms with E-state index in [2.05, 4.69) is 6.92 Å². The fourth-order valence-electron chi connectivity index (χ4n) is 3.85. The standard InChI is InChI=1S/C23H44O7/c1-3-4-5-6-7-8-9-10-11-12-13-14-15-16-19(24)29-17-18-20(25)21(26)22(28-2)23(27)30-18/h18,20-23,25-27H,3-17H2,1-2H3/t18-,20-,21+,22-,23+/m1/s1. The fourth-order valence-corrected chi connectivity index (χ4v) is 3.85. The SMILES string of the molecule is CCCCCCCCCCCCCCCC(=O)OC[C@H]1O[C@H](O)[C@H](OC)[C@@H](O)[C@@H]1O. The molecule has 7 nitrogen and oxygen atoms in total. The minimum atomic E-state index is -1.38. The molecule has 0 unspecified atom stereocenters. The smallest absolute Gasteiger partial charge is 0.305 e. The van der Waals surface area contributed by atoms with E-state index >= 15 is 0 Å². The highest BCUT2D eigenvalue weighted by Gasteiger charge is 2.44. The van der Waals surface area contributed by atoms with Gasteiger partial charge in [0.05, 0.1) is 0 Å². The number of hydrogen-bond donors (Lipinski definition) is 3. The van der Waals surface area contributed by atoms with Crippen LogP contribution in [0.15, 0.2) is 0 Å². The highest BCUT2D eigenvalue weighted by molar-refractivity contribution is 5.69. The van der Waals surface area contributed by atoms with Gasteiger partial charge in [0, 0.05) is 13.5 Å². The molecule has 1 aliphatic heterocycles. The quantitative estimate of drug-likeness (QED) is 0.239. The largest absolute Gasteiger partial charge is 0.463 e. The average molecular weight is 433 g/mol. The van der Waals surface area contributed by atoms with Gasteiger partial charge in [0.25, 0.3) is 0 Å². The van der Waals surface area contributed by atoms with Crippen LogP contribution in [0.1, 0.15) is 96.8 Å². The normalized spacial score (nSPS) is 26.6. The summed E-state index contributed by atoms with van der Waals surface area (Å²) in [5.74, 6) is -0.355. The maximum atomic E-state index is 11.9. The molecule has 178 valence electrons. The van der Waals surface area contributed by atoms with Crippen LogP contribution in [-0.4, -0.2) is 65.7 Å². The van der Waals surface area contributed by atoms with Gasteiger partial charge in [0.15, 0.2) is 6.29 Å². The monoisotopic (exact) mass is 432 g/mol. The molecule has 5 atom stereocenters. The minimum absolute atomic E-state index is 0.205. The molecule has 0 bridgehead atoms. The van der Waals surface area contributed by atoms with Crippen molar-refractivity contribution in [1.82, 2.24) is 0 Å². The van der Waals surface area contributed by atoms with Crippen LogP contribution >= 0.6 is 0 Å². The summed E-state index contributed by atoms with van der Waals surface area (Å²) in [6, 6.07) is 0. The van der Waals surface area contributed by atoms with Crippen LogP contribution in [0, 0.1) is 0 Å². The second-order valence-electron chi connectivity index (χ2n) is 8.42. The molecule has 1 fully saturated rings. The number of esters is 1. The molecular formula is C23H44O7. The molecule has 0 aromatic rings. The van der Waals surface area contributed by atoms with Crippen LogP contribution in [0.5, 0.6) is 0 Å². The number of unbranched alkanes of at least 4 members (excludes halogenated alkanes) is 12. The first-order valence-electron chi connectivity index (χ1n) is 11.9. The number of rotatable bonds is 17. The Hall–Kier alpha value is -0.730. The molecule has 1 heterocycles.